The van der Waals surface area contributed by atoms with Gasteiger partial charge in [-0.2, -0.15) is 0 Å². The number of rotatable bonds is 4. The van der Waals surface area contributed by atoms with E-state index in [-0.39, 0.29) is 45.5 Å². The number of nitrogens with zero attached hydrogens (tertiary/aromatic N) is 1. The maximum Gasteiger partial charge on any atom is 1.00 e. The molecule has 1 unspecified atom stereocenters. The Kier molecular flexibility index (Phi) is 8.22. The predicted octanol–water partition coefficient (Wildman–Crippen LogP) is 3.02. The molecule has 0 radical (unpaired) electrons. The van der Waals surface area contributed by atoms with E-state index in [9.17, 15) is 9.90 Å². The first-order valence-electron chi connectivity index (χ1n) is 8.35. The van der Waals surface area contributed by atoms with Gasteiger partial charge in [-0.1, -0.05) is 71.9 Å². The third-order valence-electron chi connectivity index (χ3n) is 4.02. The van der Waals surface area contributed by atoms with E-state index in [0.29, 0.717) is 20.0 Å². The second-order valence-corrected chi connectivity index (χ2v) is 11.4. The first kappa shape index (κ1) is 23.2. The summed E-state index contributed by atoms with van der Waals surface area (Å²) in [4.78, 5) is 17.1. The van der Waals surface area contributed by atoms with Gasteiger partial charge in [-0.05, 0) is 31.2 Å². The maximum atomic E-state index is 12.1. The molecule has 0 saturated heterocycles. The topological polar surface area (TPSA) is 52.5 Å². The summed E-state index contributed by atoms with van der Waals surface area (Å²) < 4.78 is 0. The Bertz CT molecular complexity index is 692. The molecular formula is C19H26NNaO2P2. The molecule has 2 rings (SSSR count). The molecular weight excluding hydrogens is 359 g/mol. The van der Waals surface area contributed by atoms with E-state index in [1.807, 2.05) is 20.8 Å². The third-order valence-corrected chi connectivity index (χ3v) is 8.16. The van der Waals surface area contributed by atoms with Crippen molar-refractivity contribution in [1.82, 2.24) is 0 Å². The molecule has 25 heavy (non-hydrogen) atoms. The summed E-state index contributed by atoms with van der Waals surface area (Å²) in [5.41, 5.74) is 3.78. The summed E-state index contributed by atoms with van der Waals surface area (Å²) in [6.45, 7) is 14.7. The molecule has 1 heterocycles. The number of carbonyl (C=O) groups excluding carboxylic acids is 1. The number of benzene rings is 1. The van der Waals surface area contributed by atoms with Crippen molar-refractivity contribution in [2.24, 2.45) is 10.4 Å². The van der Waals surface area contributed by atoms with Crippen molar-refractivity contribution in [1.29, 1.82) is 0 Å². The Balaban J connectivity index is 0.00000312. The molecule has 0 saturated carbocycles. The van der Waals surface area contributed by atoms with Crippen LogP contribution in [-0.4, -0.2) is 15.9 Å². The Hall–Kier alpha value is 0.120. The third kappa shape index (κ3) is 5.10. The van der Waals surface area contributed by atoms with E-state index in [2.05, 4.69) is 45.9 Å². The quantitative estimate of drug-likeness (QED) is 0.455. The zero-order valence-electron chi connectivity index (χ0n) is 16.5. The van der Waals surface area contributed by atoms with Crippen molar-refractivity contribution in [3.63, 3.8) is 0 Å². The fraction of sp³-hybridized carbons (Fsp3) is 0.526. The smallest absolute Gasteiger partial charge is 0.823 e. The molecule has 0 aromatic heterocycles. The largest absolute Gasteiger partial charge is 1.00 e. The molecule has 1 aliphatic heterocycles. The number of aliphatic imine (C=N–C) groups is 1. The van der Waals surface area contributed by atoms with Crippen LogP contribution in [0, 0.1) is 5.41 Å². The van der Waals surface area contributed by atoms with E-state index < -0.39 is 7.92 Å². The second kappa shape index (κ2) is 8.87. The van der Waals surface area contributed by atoms with Crippen LogP contribution in [0.5, 0.6) is 0 Å². The fourth-order valence-electron chi connectivity index (χ4n) is 2.70. The number of hydrogen-bond donors (Lipinski definition) is 0. The normalized spacial score (nSPS) is 18.8. The first-order chi connectivity index (χ1) is 11.0. The van der Waals surface area contributed by atoms with Gasteiger partial charge in [0.2, 0.25) is 5.27 Å². The molecule has 0 spiro atoms. The summed E-state index contributed by atoms with van der Waals surface area (Å²) in [6.07, 6.45) is 0. The Morgan fingerprint density at radius 3 is 1.92 bits per heavy atom. The van der Waals surface area contributed by atoms with Gasteiger partial charge in [-0.25, -0.2) is 0 Å². The molecule has 6 heteroatoms. The molecule has 3 nitrogen and oxygen atoms in total. The first-order valence-corrected chi connectivity index (χ1v) is 10.6. The minimum absolute atomic E-state index is 0. The van der Waals surface area contributed by atoms with Gasteiger partial charge in [0.15, 0.2) is 0 Å². The Morgan fingerprint density at radius 2 is 1.60 bits per heavy atom. The van der Waals surface area contributed by atoms with Gasteiger partial charge in [0.05, 0.1) is 11.1 Å². The van der Waals surface area contributed by atoms with Gasteiger partial charge in [0.25, 0.3) is 0 Å². The van der Waals surface area contributed by atoms with E-state index in [4.69, 9.17) is 4.99 Å². The fourth-order valence-corrected chi connectivity index (χ4v) is 6.03. The van der Waals surface area contributed by atoms with Crippen molar-refractivity contribution < 1.29 is 39.5 Å². The predicted molar refractivity (Wildman–Crippen MR) is 105 cm³/mol. The summed E-state index contributed by atoms with van der Waals surface area (Å²) in [5, 5.41) is 12.1. The van der Waals surface area contributed by atoms with Crippen LogP contribution in [-0.2, 0) is 0 Å². The van der Waals surface area contributed by atoms with Crippen molar-refractivity contribution >= 4 is 37.8 Å². The van der Waals surface area contributed by atoms with Crippen LogP contribution in [0.15, 0.2) is 23.2 Å². The van der Waals surface area contributed by atoms with E-state index in [1.165, 1.54) is 11.1 Å². The van der Waals surface area contributed by atoms with Crippen molar-refractivity contribution in [3.8, 4) is 0 Å². The Morgan fingerprint density at radius 1 is 1.12 bits per heavy atom. The van der Waals surface area contributed by atoms with Gasteiger partial charge in [0.1, 0.15) is 0 Å². The monoisotopic (exact) mass is 385 g/mol. The van der Waals surface area contributed by atoms with Crippen molar-refractivity contribution in [2.75, 3.05) is 0 Å². The SMILES string of the molecule is CC(C)c1cccc(C(C)C)c1N=C(P1C(=O)P=C1[O-])C(C)(C)C.[Na+]. The zero-order chi connectivity index (χ0) is 18.2. The minimum Gasteiger partial charge on any atom is -0.823 e. The molecule has 0 amide bonds. The van der Waals surface area contributed by atoms with Gasteiger partial charge < -0.3 is 5.11 Å². The average molecular weight is 385 g/mol. The summed E-state index contributed by atoms with van der Waals surface area (Å²) >= 11 is 0. The Labute approximate surface area is 176 Å². The molecule has 0 aliphatic carbocycles. The van der Waals surface area contributed by atoms with Crippen LogP contribution < -0.4 is 34.7 Å². The van der Waals surface area contributed by atoms with Crippen LogP contribution in [0.3, 0.4) is 0 Å². The van der Waals surface area contributed by atoms with Crippen LogP contribution in [0.1, 0.15) is 71.4 Å². The molecule has 1 atom stereocenters. The molecule has 1 aromatic carbocycles. The maximum absolute atomic E-state index is 12.1. The van der Waals surface area contributed by atoms with Crippen molar-refractivity contribution in [2.45, 2.75) is 60.3 Å². The van der Waals surface area contributed by atoms with Crippen LogP contribution in [0.2, 0.25) is 0 Å². The minimum atomic E-state index is -1.40. The summed E-state index contributed by atoms with van der Waals surface area (Å²) in [6, 6.07) is 6.28. The van der Waals surface area contributed by atoms with Gasteiger partial charge >= 0.3 is 29.6 Å². The number of para-hydroxylation sites is 1. The zero-order valence-corrected chi connectivity index (χ0v) is 20.3. The van der Waals surface area contributed by atoms with Crippen LogP contribution in [0.4, 0.5) is 10.5 Å². The summed E-state index contributed by atoms with van der Waals surface area (Å²) in [5.74, 6) is 0.671. The number of hydrogen-bond acceptors (Lipinski definition) is 3. The van der Waals surface area contributed by atoms with Gasteiger partial charge in [-0.15, -0.1) is 0 Å². The van der Waals surface area contributed by atoms with Gasteiger partial charge in [-0.3, -0.25) is 9.79 Å². The molecule has 0 fully saturated rings. The molecule has 0 bridgehead atoms. The van der Waals surface area contributed by atoms with E-state index >= 15 is 0 Å². The van der Waals surface area contributed by atoms with Crippen LogP contribution in [0.25, 0.3) is 0 Å². The second-order valence-electron chi connectivity index (χ2n) is 7.79. The van der Waals surface area contributed by atoms with Crippen LogP contribution >= 0.6 is 16.1 Å². The average Bonchev–Trinajstić information content (AvgIpc) is 2.45. The van der Waals surface area contributed by atoms with Crippen molar-refractivity contribution in [3.05, 3.63) is 29.3 Å². The standard InChI is InChI=1S/C19H27NO2P2.Na/c1-11(2)13-9-8-10-14(12(3)4)15(13)20-16(19(5,6)7)24-17(21)23-18(24)22;/h8-12,21H,1-7H3;/q;+1/p-1. The summed E-state index contributed by atoms with van der Waals surface area (Å²) in [7, 11) is -1.06. The van der Waals surface area contributed by atoms with E-state index in [0.717, 1.165) is 11.1 Å². The number of carbonyl (C=O) groups is 1. The molecule has 0 N–H and O–H groups in total. The van der Waals surface area contributed by atoms with E-state index in [1.54, 1.807) is 0 Å². The van der Waals surface area contributed by atoms with Gasteiger partial charge in [0, 0.05) is 13.3 Å². The molecule has 1 aromatic rings. The molecule has 1 aliphatic rings. The molecule has 130 valence electrons.